The van der Waals surface area contributed by atoms with Crippen LogP contribution >= 0.6 is 11.6 Å². The van der Waals surface area contributed by atoms with Crippen LogP contribution in [0.4, 0.5) is 5.69 Å². The largest absolute Gasteiger partial charge is 0.352 e. The molecule has 0 bridgehead atoms. The van der Waals surface area contributed by atoms with E-state index in [-0.39, 0.29) is 34.1 Å². The van der Waals surface area contributed by atoms with Crippen molar-refractivity contribution < 1.29 is 18.0 Å². The quantitative estimate of drug-likeness (QED) is 0.309. The molecule has 0 unspecified atom stereocenters. The van der Waals surface area contributed by atoms with Gasteiger partial charge in [-0.2, -0.15) is 0 Å². The summed E-state index contributed by atoms with van der Waals surface area (Å²) in [6.45, 7) is 7.28. The van der Waals surface area contributed by atoms with Crippen LogP contribution < -0.4 is 9.62 Å². The summed E-state index contributed by atoms with van der Waals surface area (Å²) in [5.74, 6) is -0.787. The van der Waals surface area contributed by atoms with Gasteiger partial charge < -0.3 is 10.2 Å². The fourth-order valence-corrected chi connectivity index (χ4v) is 6.00. The second kappa shape index (κ2) is 13.6. The zero-order valence-electron chi connectivity index (χ0n) is 22.8. The summed E-state index contributed by atoms with van der Waals surface area (Å²) in [6.07, 6.45) is 1.10. The standard InChI is InChI=1S/C30H36ClN3O4S/c1-5-23(4)32-30(36)27(6-2)33(20-24-14-12-13-22(3)19-24)29(35)21-34(28-18-11-10-17-26(28)31)39(37,38)25-15-8-7-9-16-25/h7-19,23,27H,5-6,20-21H2,1-4H3,(H,32,36)/t23-,27+/m1/s1. The van der Waals surface area contributed by atoms with Crippen LogP contribution in [0.15, 0.2) is 83.8 Å². The Bertz CT molecular complexity index is 1380. The number of amides is 2. The molecule has 0 radical (unpaired) electrons. The second-order valence-electron chi connectivity index (χ2n) is 9.53. The maximum atomic E-state index is 14.1. The molecule has 0 fully saturated rings. The SMILES string of the molecule is CC[C@@H](C)NC(=O)[C@H](CC)N(Cc1cccc(C)c1)C(=O)CN(c1ccccc1Cl)S(=O)(=O)c1ccccc1. The molecule has 208 valence electrons. The summed E-state index contributed by atoms with van der Waals surface area (Å²) in [6, 6.07) is 21.2. The minimum Gasteiger partial charge on any atom is -0.352 e. The number of benzene rings is 3. The van der Waals surface area contributed by atoms with Crippen LogP contribution in [0.2, 0.25) is 5.02 Å². The van der Waals surface area contributed by atoms with Crippen molar-refractivity contribution in [1.82, 2.24) is 10.2 Å². The molecule has 0 spiro atoms. The lowest BCUT2D eigenvalue weighted by atomic mass is 10.1. The van der Waals surface area contributed by atoms with E-state index in [0.717, 1.165) is 21.9 Å². The summed E-state index contributed by atoms with van der Waals surface area (Å²) in [7, 11) is -4.16. The van der Waals surface area contributed by atoms with E-state index < -0.39 is 28.5 Å². The van der Waals surface area contributed by atoms with Crippen molar-refractivity contribution >= 4 is 39.1 Å². The Labute approximate surface area is 236 Å². The molecule has 9 heteroatoms. The van der Waals surface area contributed by atoms with E-state index >= 15 is 0 Å². The van der Waals surface area contributed by atoms with Crippen molar-refractivity contribution in [2.45, 2.75) is 64.1 Å². The van der Waals surface area contributed by atoms with E-state index in [2.05, 4.69) is 5.32 Å². The van der Waals surface area contributed by atoms with Gasteiger partial charge in [0.05, 0.1) is 15.6 Å². The van der Waals surface area contributed by atoms with Gasteiger partial charge in [0.25, 0.3) is 10.0 Å². The van der Waals surface area contributed by atoms with E-state index in [0.29, 0.717) is 6.42 Å². The van der Waals surface area contributed by atoms with Crippen LogP contribution in [0.3, 0.4) is 0 Å². The van der Waals surface area contributed by atoms with Crippen LogP contribution in [0.25, 0.3) is 0 Å². The minimum absolute atomic E-state index is 0.0320. The second-order valence-corrected chi connectivity index (χ2v) is 11.8. The number of hydrogen-bond acceptors (Lipinski definition) is 4. The average molecular weight is 570 g/mol. The molecule has 0 saturated carbocycles. The first kappa shape index (κ1) is 30.2. The van der Waals surface area contributed by atoms with Crippen molar-refractivity contribution in [1.29, 1.82) is 0 Å². The van der Waals surface area contributed by atoms with Crippen LogP contribution in [0.1, 0.15) is 44.7 Å². The highest BCUT2D eigenvalue weighted by atomic mass is 35.5. The molecule has 0 saturated heterocycles. The molecular formula is C30H36ClN3O4S. The predicted octanol–water partition coefficient (Wildman–Crippen LogP) is 5.57. The van der Waals surface area contributed by atoms with Gasteiger partial charge in [-0.15, -0.1) is 0 Å². The molecule has 2 atom stereocenters. The molecule has 0 aliphatic carbocycles. The maximum Gasteiger partial charge on any atom is 0.264 e. The highest BCUT2D eigenvalue weighted by Crippen LogP contribution is 2.30. The van der Waals surface area contributed by atoms with Crippen LogP contribution in [0, 0.1) is 6.92 Å². The van der Waals surface area contributed by atoms with E-state index in [1.807, 2.05) is 52.0 Å². The lowest BCUT2D eigenvalue weighted by molar-refractivity contribution is -0.140. The summed E-state index contributed by atoms with van der Waals surface area (Å²) in [5, 5.41) is 3.17. The third-order valence-corrected chi connectivity index (χ3v) is 8.65. The Balaban J connectivity index is 2.06. The Morgan fingerprint density at radius 1 is 0.923 bits per heavy atom. The third-order valence-electron chi connectivity index (χ3n) is 6.55. The zero-order chi connectivity index (χ0) is 28.6. The lowest BCUT2D eigenvalue weighted by Crippen LogP contribution is -2.53. The van der Waals surface area contributed by atoms with E-state index in [4.69, 9.17) is 11.6 Å². The van der Waals surface area contributed by atoms with E-state index in [1.165, 1.54) is 17.0 Å². The van der Waals surface area contributed by atoms with Gasteiger partial charge in [0, 0.05) is 12.6 Å². The number of rotatable bonds is 12. The van der Waals surface area contributed by atoms with Crippen molar-refractivity contribution in [3.8, 4) is 0 Å². The van der Waals surface area contributed by atoms with Gasteiger partial charge >= 0.3 is 0 Å². The number of carbonyl (C=O) groups is 2. The number of hydrogen-bond donors (Lipinski definition) is 1. The first-order valence-corrected chi connectivity index (χ1v) is 14.9. The van der Waals surface area contributed by atoms with Gasteiger partial charge in [0.15, 0.2) is 0 Å². The van der Waals surface area contributed by atoms with Crippen molar-refractivity contribution in [2.75, 3.05) is 10.8 Å². The van der Waals surface area contributed by atoms with Crippen molar-refractivity contribution in [3.63, 3.8) is 0 Å². The van der Waals surface area contributed by atoms with E-state index in [1.54, 1.807) is 42.5 Å². The predicted molar refractivity (Wildman–Crippen MR) is 156 cm³/mol. The first-order valence-electron chi connectivity index (χ1n) is 13.1. The van der Waals surface area contributed by atoms with Gasteiger partial charge in [-0.05, 0) is 56.5 Å². The number of halogens is 1. The summed E-state index contributed by atoms with van der Waals surface area (Å²) in [5.41, 5.74) is 2.04. The molecule has 3 aromatic rings. The molecule has 39 heavy (non-hydrogen) atoms. The van der Waals surface area contributed by atoms with E-state index in [9.17, 15) is 18.0 Å². The Hall–Kier alpha value is -3.36. The molecule has 3 aromatic carbocycles. The van der Waals surface area contributed by atoms with Crippen molar-refractivity contribution in [3.05, 3.63) is 95.0 Å². The van der Waals surface area contributed by atoms with Crippen LogP contribution in [0.5, 0.6) is 0 Å². The number of nitrogens with zero attached hydrogens (tertiary/aromatic N) is 2. The van der Waals surface area contributed by atoms with Crippen LogP contribution in [-0.4, -0.2) is 43.8 Å². The van der Waals surface area contributed by atoms with Gasteiger partial charge in [-0.1, -0.05) is 85.6 Å². The summed E-state index contributed by atoms with van der Waals surface area (Å²) in [4.78, 5) is 28.9. The summed E-state index contributed by atoms with van der Waals surface area (Å²) < 4.78 is 28.7. The molecule has 2 amide bonds. The number of anilines is 1. The topological polar surface area (TPSA) is 86.8 Å². The molecule has 0 aliphatic rings. The lowest BCUT2D eigenvalue weighted by Gasteiger charge is -2.34. The zero-order valence-corrected chi connectivity index (χ0v) is 24.4. The van der Waals surface area contributed by atoms with Crippen LogP contribution in [-0.2, 0) is 26.2 Å². The molecule has 7 nitrogen and oxygen atoms in total. The average Bonchev–Trinajstić information content (AvgIpc) is 2.92. The van der Waals surface area contributed by atoms with Gasteiger partial charge in [-0.25, -0.2) is 8.42 Å². The minimum atomic E-state index is -4.16. The third kappa shape index (κ3) is 7.61. The number of nitrogens with one attached hydrogen (secondary N) is 1. The highest BCUT2D eigenvalue weighted by Gasteiger charge is 2.34. The van der Waals surface area contributed by atoms with Gasteiger partial charge in [-0.3, -0.25) is 13.9 Å². The van der Waals surface area contributed by atoms with Gasteiger partial charge in [0.2, 0.25) is 11.8 Å². The Morgan fingerprint density at radius 3 is 2.21 bits per heavy atom. The molecule has 0 aliphatic heterocycles. The molecule has 3 rings (SSSR count). The van der Waals surface area contributed by atoms with Crippen molar-refractivity contribution in [2.24, 2.45) is 0 Å². The normalized spacial score (nSPS) is 12.8. The number of para-hydroxylation sites is 1. The highest BCUT2D eigenvalue weighted by molar-refractivity contribution is 7.92. The number of aryl methyl sites for hydroxylation is 1. The smallest absolute Gasteiger partial charge is 0.264 e. The number of sulfonamides is 1. The van der Waals surface area contributed by atoms with Gasteiger partial charge in [0.1, 0.15) is 12.6 Å². The summed E-state index contributed by atoms with van der Waals surface area (Å²) >= 11 is 6.44. The number of carbonyl (C=O) groups excluding carboxylic acids is 2. The molecule has 1 N–H and O–H groups in total. The molecule has 0 aromatic heterocycles. The molecular weight excluding hydrogens is 534 g/mol. The first-order chi connectivity index (χ1) is 18.6. The molecule has 0 heterocycles. The monoisotopic (exact) mass is 569 g/mol. The Kier molecular flexibility index (Phi) is 10.5. The fourth-order valence-electron chi connectivity index (χ4n) is 4.25. The Morgan fingerprint density at radius 2 is 1.59 bits per heavy atom. The maximum absolute atomic E-state index is 14.1. The fraction of sp³-hybridized carbons (Fsp3) is 0.333.